The zero-order valence-corrected chi connectivity index (χ0v) is 17.8. The van der Waals surface area contributed by atoms with Crippen LogP contribution in [-0.2, 0) is 13.7 Å². The van der Waals surface area contributed by atoms with Crippen LogP contribution in [-0.4, -0.2) is 15.6 Å². The monoisotopic (exact) mass is 470 g/mol. The maximum atomic E-state index is 12.2. The van der Waals surface area contributed by atoms with Crippen molar-refractivity contribution in [1.82, 2.24) is 9.78 Å². The quantitative estimate of drug-likeness (QED) is 0.253. The van der Waals surface area contributed by atoms with Gasteiger partial charge in [-0.3, -0.25) is 9.48 Å². The van der Waals surface area contributed by atoms with Crippen LogP contribution in [0.2, 0.25) is 5.02 Å². The molecule has 0 aliphatic carbocycles. The van der Waals surface area contributed by atoms with Gasteiger partial charge in [0.15, 0.2) is 5.69 Å². The summed E-state index contributed by atoms with van der Waals surface area (Å²) in [6, 6.07) is 15.6. The van der Waals surface area contributed by atoms with Gasteiger partial charge in [0.05, 0.1) is 5.02 Å². The summed E-state index contributed by atoms with van der Waals surface area (Å²) in [6.45, 7) is 0.288. The molecule has 7 heteroatoms. The van der Waals surface area contributed by atoms with Crippen LogP contribution in [0.15, 0.2) is 69.7 Å². The summed E-state index contributed by atoms with van der Waals surface area (Å²) in [5.41, 5.74) is 0.212. The van der Waals surface area contributed by atoms with Crippen LogP contribution in [0.3, 0.4) is 0 Å². The first-order chi connectivity index (χ1) is 14.0. The molecule has 0 radical (unpaired) electrons. The van der Waals surface area contributed by atoms with Crippen molar-refractivity contribution in [1.29, 1.82) is 0 Å². The van der Waals surface area contributed by atoms with Crippen LogP contribution in [0, 0.1) is 0 Å². The summed E-state index contributed by atoms with van der Waals surface area (Å²) in [6.07, 6.45) is 4.56. The molecule has 2 aromatic carbocycles. The minimum absolute atomic E-state index is 0.212. The number of fused-ring (bicyclic) bond motifs is 1. The largest absolute Gasteiger partial charge is 0.486 e. The first kappa shape index (κ1) is 19.5. The molecule has 0 aliphatic heterocycles. The number of hydrogen-bond donors (Lipinski definition) is 0. The summed E-state index contributed by atoms with van der Waals surface area (Å²) < 4.78 is 14.1. The predicted molar refractivity (Wildman–Crippen MR) is 116 cm³/mol. The number of rotatable bonds is 6. The van der Waals surface area contributed by atoms with Gasteiger partial charge in [0.25, 0.3) is 0 Å². The van der Waals surface area contributed by atoms with Gasteiger partial charge in [0.1, 0.15) is 23.9 Å². The fourth-order valence-corrected chi connectivity index (χ4v) is 3.51. The second kappa shape index (κ2) is 8.27. The Hall–Kier alpha value is -2.83. The van der Waals surface area contributed by atoms with Crippen molar-refractivity contribution < 1.29 is 13.9 Å². The van der Waals surface area contributed by atoms with E-state index in [4.69, 9.17) is 20.8 Å². The van der Waals surface area contributed by atoms with E-state index in [2.05, 4.69) is 27.1 Å². The van der Waals surface area contributed by atoms with Gasteiger partial charge in [0, 0.05) is 17.7 Å². The minimum atomic E-state index is -0.285. The van der Waals surface area contributed by atoms with Gasteiger partial charge in [-0.1, -0.05) is 39.7 Å². The highest BCUT2D eigenvalue weighted by atomic mass is 79.9. The highest BCUT2D eigenvalue weighted by Crippen LogP contribution is 2.25. The summed E-state index contributed by atoms with van der Waals surface area (Å²) in [7, 11) is 1.71. The Morgan fingerprint density at radius 1 is 1.21 bits per heavy atom. The van der Waals surface area contributed by atoms with Crippen LogP contribution in [0.25, 0.3) is 16.8 Å². The molecule has 2 aromatic heterocycles. The fourth-order valence-electron chi connectivity index (χ4n) is 2.86. The zero-order chi connectivity index (χ0) is 20.4. The average Bonchev–Trinajstić information content (AvgIpc) is 3.30. The van der Waals surface area contributed by atoms with Gasteiger partial charge < -0.3 is 9.15 Å². The van der Waals surface area contributed by atoms with E-state index >= 15 is 0 Å². The normalized spacial score (nSPS) is 11.4. The van der Waals surface area contributed by atoms with Crippen molar-refractivity contribution >= 4 is 50.2 Å². The number of ketones is 1. The molecule has 146 valence electrons. The van der Waals surface area contributed by atoms with Crippen molar-refractivity contribution in [3.8, 4) is 5.75 Å². The van der Waals surface area contributed by atoms with Gasteiger partial charge in [-0.05, 0) is 59.3 Å². The number of carbonyl (C=O) groups excluding carboxylic acids is 1. The first-order valence-electron chi connectivity index (χ1n) is 8.80. The molecule has 0 N–H and O–H groups in total. The van der Waals surface area contributed by atoms with E-state index in [0.29, 0.717) is 16.5 Å². The Balaban J connectivity index is 1.40. The van der Waals surface area contributed by atoms with E-state index in [1.165, 1.54) is 10.8 Å². The number of benzene rings is 2. The van der Waals surface area contributed by atoms with Crippen molar-refractivity contribution in [2.75, 3.05) is 0 Å². The molecule has 29 heavy (non-hydrogen) atoms. The molecule has 0 unspecified atom stereocenters. The molecule has 4 aromatic rings. The summed E-state index contributed by atoms with van der Waals surface area (Å²) in [4.78, 5) is 12.2. The topological polar surface area (TPSA) is 57.3 Å². The summed E-state index contributed by atoms with van der Waals surface area (Å²) in [5, 5.41) is 6.60. The van der Waals surface area contributed by atoms with Crippen molar-refractivity contribution in [3.05, 3.63) is 87.5 Å². The molecule has 4 rings (SSSR count). The lowest BCUT2D eigenvalue weighted by Crippen LogP contribution is -1.98. The highest BCUT2D eigenvalue weighted by molar-refractivity contribution is 9.10. The zero-order valence-electron chi connectivity index (χ0n) is 15.4. The molecule has 0 atom stereocenters. The van der Waals surface area contributed by atoms with E-state index < -0.39 is 0 Å². The Labute approximate surface area is 180 Å². The van der Waals surface area contributed by atoms with Crippen LogP contribution < -0.4 is 4.74 Å². The molecule has 5 nitrogen and oxygen atoms in total. The lowest BCUT2D eigenvalue weighted by Gasteiger charge is -2.06. The Kier molecular flexibility index (Phi) is 5.56. The van der Waals surface area contributed by atoms with Crippen molar-refractivity contribution in [3.63, 3.8) is 0 Å². The lowest BCUT2D eigenvalue weighted by molar-refractivity contribution is 0.104. The second-order valence-corrected chi connectivity index (χ2v) is 7.77. The van der Waals surface area contributed by atoms with E-state index in [1.807, 2.05) is 36.4 Å². The molecular formula is C22H16BrClN2O3. The van der Waals surface area contributed by atoms with Crippen LogP contribution in [0.5, 0.6) is 5.75 Å². The fraction of sp³-hybridized carbons (Fsp3) is 0.0909. The number of hydrogen-bond acceptors (Lipinski definition) is 4. The van der Waals surface area contributed by atoms with Crippen LogP contribution in [0.4, 0.5) is 0 Å². The second-order valence-electron chi connectivity index (χ2n) is 6.44. The molecule has 0 amide bonds. The molecule has 0 saturated heterocycles. The molecule has 0 saturated carbocycles. The third kappa shape index (κ3) is 4.60. The average molecular weight is 472 g/mol. The third-order valence-corrected chi connectivity index (χ3v) is 5.02. The van der Waals surface area contributed by atoms with E-state index in [-0.39, 0.29) is 18.1 Å². The Morgan fingerprint density at radius 2 is 2.00 bits per heavy atom. The van der Waals surface area contributed by atoms with Gasteiger partial charge in [-0.25, -0.2) is 0 Å². The molecule has 0 bridgehead atoms. The summed E-state index contributed by atoms with van der Waals surface area (Å²) in [5.74, 6) is 1.68. The van der Waals surface area contributed by atoms with Crippen LogP contribution in [0.1, 0.15) is 22.0 Å². The minimum Gasteiger partial charge on any atom is -0.486 e. The smallest absolute Gasteiger partial charge is 0.207 e. The number of carbonyl (C=O) groups is 1. The SMILES string of the molecule is Cn1cc(Cl)c(C(=O)/C=C/c2ccc(COc3ccc4cc(Br)ccc4c3)o2)n1. The maximum Gasteiger partial charge on any atom is 0.207 e. The standard InChI is InChI=1S/C22H16BrClN2O3/c1-26-12-20(24)22(25-26)21(27)9-8-17-6-7-19(29-17)13-28-18-5-3-14-10-16(23)4-2-15(14)11-18/h2-12H,13H2,1H3/b9-8+. The van der Waals surface area contributed by atoms with E-state index in [1.54, 1.807) is 25.4 Å². The van der Waals surface area contributed by atoms with E-state index in [0.717, 1.165) is 21.0 Å². The summed E-state index contributed by atoms with van der Waals surface area (Å²) >= 11 is 9.46. The third-order valence-electron chi connectivity index (χ3n) is 4.25. The number of nitrogens with zero attached hydrogens (tertiary/aromatic N) is 2. The number of aromatic nitrogens is 2. The molecular weight excluding hydrogens is 456 g/mol. The highest BCUT2D eigenvalue weighted by Gasteiger charge is 2.12. The van der Waals surface area contributed by atoms with Gasteiger partial charge in [-0.2, -0.15) is 5.10 Å². The predicted octanol–water partition coefficient (Wildman–Crippen LogP) is 6.06. The van der Waals surface area contributed by atoms with Gasteiger partial charge in [0.2, 0.25) is 5.78 Å². The van der Waals surface area contributed by atoms with Crippen LogP contribution >= 0.6 is 27.5 Å². The molecule has 0 spiro atoms. The number of allylic oxidation sites excluding steroid dienone is 1. The van der Waals surface area contributed by atoms with Crippen molar-refractivity contribution in [2.24, 2.45) is 7.05 Å². The van der Waals surface area contributed by atoms with Crippen molar-refractivity contribution in [2.45, 2.75) is 6.61 Å². The number of aryl methyl sites for hydroxylation is 1. The van der Waals surface area contributed by atoms with Gasteiger partial charge >= 0.3 is 0 Å². The van der Waals surface area contributed by atoms with Gasteiger partial charge in [-0.15, -0.1) is 0 Å². The Bertz CT molecular complexity index is 1230. The molecule has 0 fully saturated rings. The first-order valence-corrected chi connectivity index (χ1v) is 9.97. The van der Waals surface area contributed by atoms with E-state index in [9.17, 15) is 4.79 Å². The Morgan fingerprint density at radius 3 is 2.79 bits per heavy atom. The number of halogens is 2. The number of ether oxygens (including phenoxy) is 1. The maximum absolute atomic E-state index is 12.2. The molecule has 0 aliphatic rings. The number of furan rings is 1. The lowest BCUT2D eigenvalue weighted by atomic mass is 10.1. The molecule has 2 heterocycles.